The first-order chi connectivity index (χ1) is 15.4. The number of thioether (sulfide) groups is 1. The molecule has 0 heterocycles. The Hall–Kier alpha value is -1.67. The highest BCUT2D eigenvalue weighted by Gasteiger charge is 2.39. The minimum absolute atomic E-state index is 0.0843. The Kier molecular flexibility index (Phi) is 12.0. The van der Waals surface area contributed by atoms with Gasteiger partial charge in [-0.25, -0.2) is 0 Å². The van der Waals surface area contributed by atoms with Gasteiger partial charge in [0.2, 0.25) is 0 Å². The summed E-state index contributed by atoms with van der Waals surface area (Å²) in [5.74, 6) is 1.06. The van der Waals surface area contributed by atoms with Crippen LogP contribution >= 0.6 is 11.8 Å². The lowest BCUT2D eigenvalue weighted by molar-refractivity contribution is -0.143. The second-order valence-electron chi connectivity index (χ2n) is 8.14. The molecule has 178 valence electrons. The van der Waals surface area contributed by atoms with Crippen LogP contribution in [0.15, 0.2) is 36.4 Å². The Morgan fingerprint density at radius 2 is 2.09 bits per heavy atom. The van der Waals surface area contributed by atoms with Gasteiger partial charge >= 0.3 is 5.97 Å². The Morgan fingerprint density at radius 1 is 1.31 bits per heavy atom. The van der Waals surface area contributed by atoms with E-state index >= 15 is 0 Å². The zero-order chi connectivity index (χ0) is 23.3. The fraction of sp³-hybridized carbons (Fsp3) is 0.600. The van der Waals surface area contributed by atoms with Crippen molar-refractivity contribution in [2.45, 2.75) is 57.8 Å². The van der Waals surface area contributed by atoms with Crippen molar-refractivity contribution in [3.8, 4) is 0 Å². The number of benzene rings is 1. The number of aliphatic hydroxyl groups excluding tert-OH is 2. The number of methoxy groups -OCH3 is 1. The molecule has 0 spiro atoms. The van der Waals surface area contributed by atoms with Crippen LogP contribution in [0.2, 0.25) is 0 Å². The van der Waals surface area contributed by atoms with Crippen LogP contribution in [0.1, 0.15) is 43.7 Å². The molecule has 1 aromatic rings. The Morgan fingerprint density at radius 3 is 2.84 bits per heavy atom. The molecule has 2 rings (SSSR count). The van der Waals surface area contributed by atoms with E-state index in [1.54, 1.807) is 31.9 Å². The van der Waals surface area contributed by atoms with Crippen molar-refractivity contribution in [2.24, 2.45) is 11.8 Å². The van der Waals surface area contributed by atoms with Crippen LogP contribution in [0.5, 0.6) is 0 Å². The smallest absolute Gasteiger partial charge is 0.305 e. The summed E-state index contributed by atoms with van der Waals surface area (Å²) in [4.78, 5) is 23.7. The van der Waals surface area contributed by atoms with E-state index in [1.165, 1.54) is 0 Å². The van der Waals surface area contributed by atoms with Crippen molar-refractivity contribution in [1.82, 2.24) is 0 Å². The number of hydrogen-bond acceptors (Lipinski definition) is 7. The number of ether oxygens (including phenoxy) is 2. The van der Waals surface area contributed by atoms with Gasteiger partial charge in [-0.05, 0) is 42.4 Å². The van der Waals surface area contributed by atoms with Gasteiger partial charge in [0.15, 0.2) is 0 Å². The van der Waals surface area contributed by atoms with E-state index in [-0.39, 0.29) is 30.0 Å². The Labute approximate surface area is 195 Å². The van der Waals surface area contributed by atoms with Crippen LogP contribution in [0.3, 0.4) is 0 Å². The molecule has 32 heavy (non-hydrogen) atoms. The monoisotopic (exact) mass is 464 g/mol. The number of esters is 1. The van der Waals surface area contributed by atoms with Crippen molar-refractivity contribution in [2.75, 3.05) is 25.2 Å². The minimum atomic E-state index is -0.699. The van der Waals surface area contributed by atoms with Crippen LogP contribution in [-0.4, -0.2) is 59.4 Å². The highest BCUT2D eigenvalue weighted by molar-refractivity contribution is 7.99. The first-order valence-corrected chi connectivity index (χ1v) is 12.5. The fourth-order valence-electron chi connectivity index (χ4n) is 4.04. The van der Waals surface area contributed by atoms with Crippen molar-refractivity contribution < 1.29 is 29.3 Å². The van der Waals surface area contributed by atoms with Crippen molar-refractivity contribution in [3.05, 3.63) is 47.5 Å². The van der Waals surface area contributed by atoms with Crippen LogP contribution in [0.25, 0.3) is 0 Å². The highest BCUT2D eigenvalue weighted by atomic mass is 32.2. The predicted molar refractivity (Wildman–Crippen MR) is 126 cm³/mol. The summed E-state index contributed by atoms with van der Waals surface area (Å²) in [5.41, 5.74) is 2.06. The summed E-state index contributed by atoms with van der Waals surface area (Å²) in [5, 5.41) is 20.8. The van der Waals surface area contributed by atoms with Crippen molar-refractivity contribution in [3.63, 3.8) is 0 Å². The highest BCUT2D eigenvalue weighted by Crippen LogP contribution is 2.34. The van der Waals surface area contributed by atoms with Crippen LogP contribution in [0.4, 0.5) is 0 Å². The largest absolute Gasteiger partial charge is 0.466 e. The number of ketones is 1. The minimum Gasteiger partial charge on any atom is -0.466 e. The third-order valence-electron chi connectivity index (χ3n) is 5.58. The SMILES string of the molecule is CCOC(=O)CCCSCCC1C(=O)CC(O)C1C=CC(O)Cc1cccc(COC)c1. The van der Waals surface area contributed by atoms with Gasteiger partial charge in [0.05, 0.1) is 25.4 Å². The van der Waals surface area contributed by atoms with Gasteiger partial charge in [0.25, 0.3) is 0 Å². The molecule has 0 aromatic heterocycles. The van der Waals surface area contributed by atoms with Gasteiger partial charge in [0.1, 0.15) is 5.78 Å². The van der Waals surface area contributed by atoms with Gasteiger partial charge in [-0.15, -0.1) is 0 Å². The average molecular weight is 465 g/mol. The lowest BCUT2D eigenvalue weighted by Gasteiger charge is -2.18. The molecule has 1 aliphatic rings. The van der Waals surface area contributed by atoms with Crippen molar-refractivity contribution >= 4 is 23.5 Å². The molecule has 0 aliphatic heterocycles. The van der Waals surface area contributed by atoms with Gasteiger partial charge in [-0.2, -0.15) is 11.8 Å². The van der Waals surface area contributed by atoms with E-state index in [4.69, 9.17) is 9.47 Å². The molecule has 6 nitrogen and oxygen atoms in total. The van der Waals surface area contributed by atoms with E-state index in [0.29, 0.717) is 32.5 Å². The molecular weight excluding hydrogens is 428 g/mol. The van der Waals surface area contributed by atoms with Gasteiger partial charge < -0.3 is 19.7 Å². The van der Waals surface area contributed by atoms with E-state index < -0.39 is 12.2 Å². The maximum atomic E-state index is 12.4. The van der Waals surface area contributed by atoms with Crippen LogP contribution < -0.4 is 0 Å². The van der Waals surface area contributed by atoms with Crippen LogP contribution in [0, 0.1) is 11.8 Å². The summed E-state index contributed by atoms with van der Waals surface area (Å²) in [7, 11) is 1.65. The standard InChI is InChI=1S/C25H36O6S/c1-3-31-25(29)8-5-12-32-13-11-22-21(23(27)16-24(22)28)10-9-20(26)15-18-6-4-7-19(14-18)17-30-2/h4,6-7,9-10,14,20-23,26-27H,3,5,8,11-13,15-17H2,1-2H3. The molecule has 2 N–H and O–H groups in total. The molecule has 0 radical (unpaired) electrons. The number of carbonyl (C=O) groups excluding carboxylic acids is 2. The number of carbonyl (C=O) groups is 2. The van der Waals surface area contributed by atoms with Crippen molar-refractivity contribution in [1.29, 1.82) is 0 Å². The average Bonchev–Trinajstić information content (AvgIpc) is 3.02. The number of rotatable bonds is 14. The summed E-state index contributed by atoms with van der Waals surface area (Å²) >= 11 is 1.71. The van der Waals surface area contributed by atoms with E-state index in [0.717, 1.165) is 29.1 Å². The Balaban J connectivity index is 1.80. The number of aliphatic hydroxyl groups is 2. The molecule has 1 saturated carbocycles. The molecule has 7 heteroatoms. The zero-order valence-corrected chi connectivity index (χ0v) is 19.9. The van der Waals surface area contributed by atoms with E-state index in [2.05, 4.69) is 0 Å². The quantitative estimate of drug-likeness (QED) is 0.248. The molecule has 1 aromatic carbocycles. The Bertz CT molecular complexity index is 750. The maximum Gasteiger partial charge on any atom is 0.305 e. The summed E-state index contributed by atoms with van der Waals surface area (Å²) in [6, 6.07) is 7.90. The van der Waals surface area contributed by atoms with Crippen LogP contribution in [-0.2, 0) is 32.1 Å². The third-order valence-corrected chi connectivity index (χ3v) is 6.69. The van der Waals surface area contributed by atoms with Gasteiger partial charge in [-0.3, -0.25) is 9.59 Å². The third kappa shape index (κ3) is 9.06. The molecule has 1 fully saturated rings. The maximum absolute atomic E-state index is 12.4. The molecule has 0 saturated heterocycles. The van der Waals surface area contributed by atoms with E-state index in [9.17, 15) is 19.8 Å². The number of hydrogen-bond donors (Lipinski definition) is 2. The predicted octanol–water partition coefficient (Wildman–Crippen LogP) is 3.33. The van der Waals surface area contributed by atoms with E-state index in [1.807, 2.05) is 30.3 Å². The fourth-order valence-corrected chi connectivity index (χ4v) is 5.01. The lowest BCUT2D eigenvalue weighted by atomic mass is 9.91. The molecule has 0 bridgehead atoms. The summed E-state index contributed by atoms with van der Waals surface area (Å²) in [6.45, 7) is 2.73. The normalized spacial score (nSPS) is 21.9. The van der Waals surface area contributed by atoms with Gasteiger partial charge in [0, 0.05) is 38.2 Å². The summed E-state index contributed by atoms with van der Waals surface area (Å²) < 4.78 is 10.1. The molecule has 4 atom stereocenters. The molecular formula is C25H36O6S. The topological polar surface area (TPSA) is 93.1 Å². The summed E-state index contributed by atoms with van der Waals surface area (Å²) in [6.07, 6.45) is 4.62. The molecule has 0 amide bonds. The lowest BCUT2D eigenvalue weighted by Crippen LogP contribution is -2.20. The number of Topliss-reactive ketones (excluding diaryl/α,β-unsaturated/α-hetero) is 1. The first kappa shape index (κ1) is 26.6. The molecule has 1 aliphatic carbocycles. The van der Waals surface area contributed by atoms with Gasteiger partial charge in [-0.1, -0.05) is 36.4 Å². The second-order valence-corrected chi connectivity index (χ2v) is 9.37. The first-order valence-electron chi connectivity index (χ1n) is 11.3. The molecule has 4 unspecified atom stereocenters. The second kappa shape index (κ2) is 14.5. The zero-order valence-electron chi connectivity index (χ0n) is 19.1.